The summed E-state index contributed by atoms with van der Waals surface area (Å²) in [4.78, 5) is 0. The van der Waals surface area contributed by atoms with E-state index in [1.54, 1.807) is 17.8 Å². The second-order valence-corrected chi connectivity index (χ2v) is 4.82. The quantitative estimate of drug-likeness (QED) is 0.773. The molecular formula is C11H14FNS. The lowest BCUT2D eigenvalue weighted by Crippen LogP contribution is -2.28. The van der Waals surface area contributed by atoms with Gasteiger partial charge in [0.05, 0.1) is 0 Å². The first kappa shape index (κ1) is 9.99. The fourth-order valence-electron chi connectivity index (χ4n) is 1.91. The van der Waals surface area contributed by atoms with E-state index in [0.717, 1.165) is 23.3 Å². The van der Waals surface area contributed by atoms with E-state index in [1.807, 2.05) is 6.07 Å². The van der Waals surface area contributed by atoms with Gasteiger partial charge in [0, 0.05) is 22.6 Å². The molecule has 0 amide bonds. The van der Waals surface area contributed by atoms with Crippen LogP contribution in [-0.2, 0) is 5.75 Å². The Morgan fingerprint density at radius 2 is 2.36 bits per heavy atom. The van der Waals surface area contributed by atoms with Crippen LogP contribution in [0.4, 0.5) is 4.39 Å². The molecule has 0 saturated carbocycles. The first-order valence-electron chi connectivity index (χ1n) is 4.88. The molecule has 1 aromatic carbocycles. The van der Waals surface area contributed by atoms with Crippen molar-refractivity contribution in [1.29, 1.82) is 0 Å². The van der Waals surface area contributed by atoms with Gasteiger partial charge in [-0.1, -0.05) is 19.1 Å². The van der Waals surface area contributed by atoms with Crippen LogP contribution in [0, 0.1) is 5.82 Å². The molecule has 0 bridgehead atoms. The highest BCUT2D eigenvalue weighted by Crippen LogP contribution is 2.38. The highest BCUT2D eigenvalue weighted by atomic mass is 32.2. The average Bonchev–Trinajstić information content (AvgIpc) is 2.20. The summed E-state index contributed by atoms with van der Waals surface area (Å²) in [6.45, 7) is 2.13. The molecule has 1 nitrogen and oxygen atoms in total. The zero-order valence-corrected chi connectivity index (χ0v) is 8.98. The van der Waals surface area contributed by atoms with Crippen LogP contribution >= 0.6 is 11.8 Å². The van der Waals surface area contributed by atoms with Crippen molar-refractivity contribution in [3.63, 3.8) is 0 Å². The summed E-state index contributed by atoms with van der Waals surface area (Å²) < 4.78 is 13.4. The van der Waals surface area contributed by atoms with Crippen molar-refractivity contribution in [1.82, 2.24) is 0 Å². The maximum atomic E-state index is 13.4. The Bertz CT molecular complexity index is 340. The van der Waals surface area contributed by atoms with Gasteiger partial charge in [-0.25, -0.2) is 4.39 Å². The standard InChI is InChI=1S/C11H14FNS/c1-2-10-11(13)7-4-3-5-9(12)8(7)6-14-10/h3-5,10-11H,2,6,13H2,1H3. The molecule has 0 radical (unpaired) electrons. The highest BCUT2D eigenvalue weighted by molar-refractivity contribution is 7.99. The topological polar surface area (TPSA) is 26.0 Å². The third kappa shape index (κ3) is 1.55. The molecule has 14 heavy (non-hydrogen) atoms. The normalized spacial score (nSPS) is 25.9. The molecule has 1 aliphatic rings. The van der Waals surface area contributed by atoms with E-state index in [1.165, 1.54) is 6.07 Å². The second kappa shape index (κ2) is 3.91. The number of thioether (sulfide) groups is 1. The van der Waals surface area contributed by atoms with Crippen LogP contribution in [0.3, 0.4) is 0 Å². The van der Waals surface area contributed by atoms with E-state index in [2.05, 4.69) is 6.92 Å². The van der Waals surface area contributed by atoms with Gasteiger partial charge in [0.15, 0.2) is 0 Å². The van der Waals surface area contributed by atoms with E-state index in [4.69, 9.17) is 5.73 Å². The molecule has 76 valence electrons. The molecule has 0 aromatic heterocycles. The van der Waals surface area contributed by atoms with Crippen LogP contribution in [0.15, 0.2) is 18.2 Å². The second-order valence-electron chi connectivity index (χ2n) is 3.59. The van der Waals surface area contributed by atoms with E-state index < -0.39 is 0 Å². The lowest BCUT2D eigenvalue weighted by Gasteiger charge is -2.29. The Labute approximate surface area is 87.9 Å². The van der Waals surface area contributed by atoms with Crippen LogP contribution in [0.25, 0.3) is 0 Å². The van der Waals surface area contributed by atoms with Crippen LogP contribution in [0.5, 0.6) is 0 Å². The number of halogens is 1. The van der Waals surface area contributed by atoms with Crippen LogP contribution in [-0.4, -0.2) is 5.25 Å². The van der Waals surface area contributed by atoms with Crippen molar-refractivity contribution in [3.05, 3.63) is 35.1 Å². The Morgan fingerprint density at radius 1 is 1.57 bits per heavy atom. The predicted octanol–water partition coefficient (Wildman–Crippen LogP) is 2.85. The van der Waals surface area contributed by atoms with Gasteiger partial charge < -0.3 is 5.73 Å². The summed E-state index contributed by atoms with van der Waals surface area (Å²) in [5.41, 5.74) is 7.88. The van der Waals surface area contributed by atoms with Crippen molar-refractivity contribution in [2.75, 3.05) is 0 Å². The molecule has 0 saturated heterocycles. The van der Waals surface area contributed by atoms with Gasteiger partial charge in [-0.05, 0) is 18.1 Å². The van der Waals surface area contributed by atoms with Crippen molar-refractivity contribution in [3.8, 4) is 0 Å². The summed E-state index contributed by atoms with van der Waals surface area (Å²) in [5, 5.41) is 0.435. The predicted molar refractivity (Wildman–Crippen MR) is 58.7 cm³/mol. The summed E-state index contributed by atoms with van der Waals surface area (Å²) in [7, 11) is 0. The molecule has 0 spiro atoms. The first-order chi connectivity index (χ1) is 6.74. The van der Waals surface area contributed by atoms with Crippen molar-refractivity contribution < 1.29 is 4.39 Å². The van der Waals surface area contributed by atoms with Gasteiger partial charge in [-0.2, -0.15) is 11.8 Å². The zero-order valence-electron chi connectivity index (χ0n) is 8.16. The molecule has 2 N–H and O–H groups in total. The fraction of sp³-hybridized carbons (Fsp3) is 0.455. The lowest BCUT2D eigenvalue weighted by molar-refractivity contribution is 0.590. The minimum absolute atomic E-state index is 0.00977. The highest BCUT2D eigenvalue weighted by Gasteiger charge is 2.27. The van der Waals surface area contributed by atoms with Crippen LogP contribution < -0.4 is 5.73 Å². The summed E-state index contributed by atoms with van der Waals surface area (Å²) in [6, 6.07) is 5.20. The number of rotatable bonds is 1. The molecule has 2 unspecified atom stereocenters. The van der Waals surface area contributed by atoms with Gasteiger partial charge in [0.1, 0.15) is 5.82 Å². The third-order valence-electron chi connectivity index (χ3n) is 2.76. The number of hydrogen-bond acceptors (Lipinski definition) is 2. The molecule has 0 aliphatic carbocycles. The number of hydrogen-bond donors (Lipinski definition) is 1. The average molecular weight is 211 g/mol. The Kier molecular flexibility index (Phi) is 2.79. The minimum Gasteiger partial charge on any atom is -0.323 e. The monoisotopic (exact) mass is 211 g/mol. The first-order valence-corrected chi connectivity index (χ1v) is 5.93. The molecule has 1 aliphatic heterocycles. The zero-order chi connectivity index (χ0) is 10.1. The van der Waals surface area contributed by atoms with Crippen molar-refractivity contribution >= 4 is 11.8 Å². The summed E-state index contributed by atoms with van der Waals surface area (Å²) in [5.74, 6) is 0.647. The molecular weight excluding hydrogens is 197 g/mol. The summed E-state index contributed by atoms with van der Waals surface area (Å²) in [6.07, 6.45) is 1.04. The smallest absolute Gasteiger partial charge is 0.127 e. The van der Waals surface area contributed by atoms with Crippen LogP contribution in [0.1, 0.15) is 30.5 Å². The number of nitrogens with two attached hydrogens (primary N) is 1. The van der Waals surface area contributed by atoms with Crippen molar-refractivity contribution in [2.45, 2.75) is 30.4 Å². The fourth-order valence-corrected chi connectivity index (χ4v) is 3.18. The minimum atomic E-state index is -0.111. The molecule has 0 fully saturated rings. The molecule has 3 heteroatoms. The van der Waals surface area contributed by atoms with Gasteiger partial charge in [0.2, 0.25) is 0 Å². The third-order valence-corrected chi connectivity index (χ3v) is 4.27. The van der Waals surface area contributed by atoms with Crippen molar-refractivity contribution in [2.24, 2.45) is 5.73 Å². The van der Waals surface area contributed by atoms with Gasteiger partial charge >= 0.3 is 0 Å². The number of benzene rings is 1. The largest absolute Gasteiger partial charge is 0.323 e. The maximum Gasteiger partial charge on any atom is 0.127 e. The Morgan fingerprint density at radius 3 is 3.07 bits per heavy atom. The van der Waals surface area contributed by atoms with E-state index in [0.29, 0.717) is 5.25 Å². The summed E-state index contributed by atoms with van der Waals surface area (Å²) >= 11 is 1.76. The Hall–Kier alpha value is -0.540. The molecule has 2 atom stereocenters. The SMILES string of the molecule is CCC1SCc2c(F)cccc2C1N. The molecule has 1 aromatic rings. The lowest BCUT2D eigenvalue weighted by atomic mass is 9.97. The van der Waals surface area contributed by atoms with Gasteiger partial charge in [0.25, 0.3) is 0 Å². The van der Waals surface area contributed by atoms with E-state index in [-0.39, 0.29) is 11.9 Å². The number of fused-ring (bicyclic) bond motifs is 1. The van der Waals surface area contributed by atoms with E-state index >= 15 is 0 Å². The van der Waals surface area contributed by atoms with E-state index in [9.17, 15) is 4.39 Å². The van der Waals surface area contributed by atoms with Crippen LogP contribution in [0.2, 0.25) is 0 Å². The molecule has 2 rings (SSSR count). The van der Waals surface area contributed by atoms with Gasteiger partial charge in [-0.15, -0.1) is 0 Å². The molecule has 1 heterocycles. The van der Waals surface area contributed by atoms with Gasteiger partial charge in [-0.3, -0.25) is 0 Å². The maximum absolute atomic E-state index is 13.4. The Balaban J connectivity index is 2.41.